The minimum absolute atomic E-state index is 0.162. The van der Waals surface area contributed by atoms with Crippen molar-refractivity contribution >= 4 is 23.7 Å². The highest BCUT2D eigenvalue weighted by molar-refractivity contribution is 5.97. The number of aliphatic imine (C=N–C) groups is 2. The number of allylic oxidation sites excluding steroid dienone is 2. The molecule has 1 aromatic rings. The van der Waals surface area contributed by atoms with Gasteiger partial charge < -0.3 is 5.73 Å². The molecule has 2 aliphatic rings. The first-order chi connectivity index (χ1) is 10.1. The van der Waals surface area contributed by atoms with Gasteiger partial charge in [-0.3, -0.25) is 0 Å². The van der Waals surface area contributed by atoms with Gasteiger partial charge in [0.2, 0.25) is 0 Å². The van der Waals surface area contributed by atoms with Crippen molar-refractivity contribution in [3.8, 4) is 0 Å². The van der Waals surface area contributed by atoms with Crippen molar-refractivity contribution in [2.24, 2.45) is 15.9 Å². The summed E-state index contributed by atoms with van der Waals surface area (Å²) in [6.07, 6.45) is 5.97. The van der Waals surface area contributed by atoms with Crippen LogP contribution in [0.15, 0.2) is 39.8 Å². The van der Waals surface area contributed by atoms with Crippen molar-refractivity contribution in [3.05, 3.63) is 41.1 Å². The molecule has 3 rings (SSSR count). The molecule has 108 valence electrons. The van der Waals surface area contributed by atoms with E-state index in [0.717, 1.165) is 28.8 Å². The third-order valence-corrected chi connectivity index (χ3v) is 3.92. The molecule has 5 heteroatoms. The van der Waals surface area contributed by atoms with Crippen LogP contribution in [0.25, 0.3) is 5.57 Å². The van der Waals surface area contributed by atoms with Crippen molar-refractivity contribution in [2.75, 3.05) is 5.73 Å². The van der Waals surface area contributed by atoms with Gasteiger partial charge in [-0.15, -0.1) is 0 Å². The summed E-state index contributed by atoms with van der Waals surface area (Å²) in [5.41, 5.74) is 9.64. The van der Waals surface area contributed by atoms with Crippen LogP contribution in [-0.2, 0) is 0 Å². The van der Waals surface area contributed by atoms with E-state index >= 15 is 0 Å². The summed E-state index contributed by atoms with van der Waals surface area (Å²) < 4.78 is 13.3. The number of hydrogen-bond donors (Lipinski definition) is 1. The smallest absolute Gasteiger partial charge is 0.304 e. The first-order valence-corrected chi connectivity index (χ1v) is 7.02. The fraction of sp³-hybridized carbons (Fsp3) is 0.312. The van der Waals surface area contributed by atoms with Crippen LogP contribution in [0.4, 0.5) is 10.2 Å². The average molecular weight is 284 g/mol. The number of nitrogens with zero attached hydrogens (tertiary/aromatic N) is 3. The first-order valence-electron chi connectivity index (χ1n) is 7.02. The molecule has 0 saturated carbocycles. The lowest BCUT2D eigenvalue weighted by molar-refractivity contribution is 0.537. The summed E-state index contributed by atoms with van der Waals surface area (Å²) >= 11 is 0. The Kier molecular flexibility index (Phi) is 3.41. The molecule has 2 N–H and O–H groups in total. The zero-order valence-electron chi connectivity index (χ0n) is 12.0. The Bertz CT molecular complexity index is 700. The lowest BCUT2D eigenvalue weighted by Crippen LogP contribution is -2.26. The fourth-order valence-electron chi connectivity index (χ4n) is 2.84. The molecular weight excluding hydrogens is 267 g/mol. The second kappa shape index (κ2) is 5.24. The lowest BCUT2D eigenvalue weighted by Gasteiger charge is -2.28. The zero-order chi connectivity index (χ0) is 15.0. The third kappa shape index (κ3) is 2.51. The molecular formula is C16H17FN4. The van der Waals surface area contributed by atoms with E-state index in [1.165, 1.54) is 0 Å². The number of pyridine rings is 1. The maximum absolute atomic E-state index is 13.3. The molecule has 1 aliphatic carbocycles. The van der Waals surface area contributed by atoms with Gasteiger partial charge in [0.05, 0.1) is 6.04 Å². The van der Waals surface area contributed by atoms with E-state index < -0.39 is 6.09 Å². The Hall–Kier alpha value is -2.30. The monoisotopic (exact) mass is 284 g/mol. The van der Waals surface area contributed by atoms with E-state index in [9.17, 15) is 4.39 Å². The largest absolute Gasteiger partial charge is 0.384 e. The minimum Gasteiger partial charge on any atom is -0.384 e. The molecule has 2 heterocycles. The molecule has 2 unspecified atom stereocenters. The standard InChI is InChI=1S/C16H17FN4/c1-3-10-6-11(13-4-5-14(18)20-9(13)2)7-12-8-19-16(17)21-15(10)12/h4-8,10,15H,3H2,1-2H3,(H2,18,20). The third-order valence-electron chi connectivity index (χ3n) is 3.92. The summed E-state index contributed by atoms with van der Waals surface area (Å²) in [4.78, 5) is 12.0. The number of aryl methyl sites for hydroxylation is 1. The number of amidine groups is 1. The van der Waals surface area contributed by atoms with Crippen molar-refractivity contribution in [1.82, 2.24) is 4.98 Å². The SMILES string of the molecule is CCC1C=C(c2ccc(N)nc2C)C=C2C=NC(F)=NC21. The Balaban J connectivity index is 2.05. The molecule has 1 aliphatic heterocycles. The summed E-state index contributed by atoms with van der Waals surface area (Å²) in [6.45, 7) is 4.01. The number of nitrogen functional groups attached to an aromatic ring is 1. The number of aromatic nitrogens is 1. The van der Waals surface area contributed by atoms with Gasteiger partial charge in [0, 0.05) is 23.4 Å². The summed E-state index contributed by atoms with van der Waals surface area (Å²) in [6, 6.07) is 3.59. The zero-order valence-corrected chi connectivity index (χ0v) is 12.0. The van der Waals surface area contributed by atoms with Gasteiger partial charge in [0.25, 0.3) is 0 Å². The minimum atomic E-state index is -0.641. The normalized spacial score (nSPS) is 24.0. The first kappa shape index (κ1) is 13.7. The van der Waals surface area contributed by atoms with Crippen LogP contribution >= 0.6 is 0 Å². The van der Waals surface area contributed by atoms with Crippen LogP contribution < -0.4 is 5.73 Å². The molecule has 0 aromatic carbocycles. The number of fused-ring (bicyclic) bond motifs is 1. The van der Waals surface area contributed by atoms with Gasteiger partial charge in [-0.2, -0.15) is 4.39 Å². The fourth-order valence-corrected chi connectivity index (χ4v) is 2.84. The topological polar surface area (TPSA) is 63.6 Å². The highest BCUT2D eigenvalue weighted by Crippen LogP contribution is 2.34. The molecule has 4 nitrogen and oxygen atoms in total. The maximum Gasteiger partial charge on any atom is 0.304 e. The van der Waals surface area contributed by atoms with Crippen LogP contribution in [0.2, 0.25) is 0 Å². The second-order valence-corrected chi connectivity index (χ2v) is 5.31. The van der Waals surface area contributed by atoms with Crippen LogP contribution in [0.3, 0.4) is 0 Å². The number of hydrogen-bond acceptors (Lipinski definition) is 4. The van der Waals surface area contributed by atoms with Gasteiger partial charge in [-0.25, -0.2) is 15.0 Å². The predicted molar refractivity (Wildman–Crippen MR) is 84.1 cm³/mol. The van der Waals surface area contributed by atoms with Gasteiger partial charge in [-0.05, 0) is 42.7 Å². The highest BCUT2D eigenvalue weighted by atomic mass is 19.1. The summed E-state index contributed by atoms with van der Waals surface area (Å²) in [7, 11) is 0. The van der Waals surface area contributed by atoms with Crippen molar-refractivity contribution < 1.29 is 4.39 Å². The van der Waals surface area contributed by atoms with E-state index in [0.29, 0.717) is 5.82 Å². The molecule has 0 bridgehead atoms. The van der Waals surface area contributed by atoms with Crippen LogP contribution in [0, 0.1) is 12.8 Å². The van der Waals surface area contributed by atoms with E-state index in [2.05, 4.69) is 28.0 Å². The Morgan fingerprint density at radius 2 is 2.14 bits per heavy atom. The average Bonchev–Trinajstić information content (AvgIpc) is 2.46. The predicted octanol–water partition coefficient (Wildman–Crippen LogP) is 3.10. The summed E-state index contributed by atoms with van der Waals surface area (Å²) in [5, 5.41) is 0. The summed E-state index contributed by atoms with van der Waals surface area (Å²) in [5.74, 6) is 0.672. The van der Waals surface area contributed by atoms with Crippen molar-refractivity contribution in [2.45, 2.75) is 26.3 Å². The van der Waals surface area contributed by atoms with E-state index in [1.807, 2.05) is 19.1 Å². The van der Waals surface area contributed by atoms with Crippen molar-refractivity contribution in [1.29, 1.82) is 0 Å². The molecule has 2 atom stereocenters. The van der Waals surface area contributed by atoms with Gasteiger partial charge in [0.15, 0.2) is 0 Å². The lowest BCUT2D eigenvalue weighted by atomic mass is 9.82. The molecule has 0 amide bonds. The number of nitrogens with two attached hydrogens (primary N) is 1. The molecule has 1 aromatic heterocycles. The number of halogens is 1. The van der Waals surface area contributed by atoms with Crippen molar-refractivity contribution in [3.63, 3.8) is 0 Å². The van der Waals surface area contributed by atoms with Gasteiger partial charge in [-0.1, -0.05) is 13.0 Å². The van der Waals surface area contributed by atoms with Gasteiger partial charge >= 0.3 is 6.09 Å². The number of rotatable bonds is 2. The van der Waals surface area contributed by atoms with Crippen LogP contribution in [-0.4, -0.2) is 23.3 Å². The molecule has 0 fully saturated rings. The maximum atomic E-state index is 13.3. The quantitative estimate of drug-likeness (QED) is 0.848. The molecule has 0 saturated heterocycles. The van der Waals surface area contributed by atoms with E-state index in [-0.39, 0.29) is 12.0 Å². The molecule has 21 heavy (non-hydrogen) atoms. The van der Waals surface area contributed by atoms with E-state index in [4.69, 9.17) is 5.73 Å². The number of anilines is 1. The Morgan fingerprint density at radius 3 is 2.86 bits per heavy atom. The van der Waals surface area contributed by atoms with Gasteiger partial charge in [0.1, 0.15) is 5.82 Å². The second-order valence-electron chi connectivity index (χ2n) is 5.31. The van der Waals surface area contributed by atoms with E-state index in [1.54, 1.807) is 12.3 Å². The highest BCUT2D eigenvalue weighted by Gasteiger charge is 2.28. The molecule has 0 radical (unpaired) electrons. The Morgan fingerprint density at radius 1 is 1.33 bits per heavy atom. The van der Waals surface area contributed by atoms with Crippen LogP contribution in [0.5, 0.6) is 0 Å². The van der Waals surface area contributed by atoms with Crippen LogP contribution in [0.1, 0.15) is 24.6 Å². The molecule has 0 spiro atoms. The Labute approximate surface area is 123 Å².